The van der Waals surface area contributed by atoms with Crippen molar-refractivity contribution >= 4 is 26.7 Å². The van der Waals surface area contributed by atoms with Crippen molar-refractivity contribution in [1.82, 2.24) is 0 Å². The van der Waals surface area contributed by atoms with E-state index in [2.05, 4.69) is 131 Å². The Balaban J connectivity index is 1.49. The van der Waals surface area contributed by atoms with E-state index in [9.17, 15) is 0 Å². The molecule has 34 heavy (non-hydrogen) atoms. The van der Waals surface area contributed by atoms with E-state index in [1.54, 1.807) is 0 Å². The molecule has 3 aliphatic rings. The van der Waals surface area contributed by atoms with Gasteiger partial charge in [-0.3, -0.25) is 0 Å². The van der Waals surface area contributed by atoms with Gasteiger partial charge >= 0.3 is 0 Å². The smallest absolute Gasteiger partial charge is 0.128 e. The molecule has 1 fully saturated rings. The topological polar surface area (TPSA) is 9.23 Å². The predicted octanol–water partition coefficient (Wildman–Crippen LogP) is 8.01. The first kappa shape index (κ1) is 19.1. The second-order valence-corrected chi connectivity index (χ2v) is 10.7. The first-order valence-corrected chi connectivity index (χ1v) is 12.7. The Morgan fingerprint density at radius 2 is 1.03 bits per heavy atom. The zero-order chi connectivity index (χ0) is 22.5. The lowest BCUT2D eigenvalue weighted by molar-refractivity contribution is -0.0452. The molecule has 0 spiro atoms. The van der Waals surface area contributed by atoms with Crippen LogP contribution in [-0.2, 0) is 15.9 Å². The quantitative estimate of drug-likeness (QED) is 0.238. The van der Waals surface area contributed by atoms with E-state index in [4.69, 9.17) is 4.74 Å². The zero-order valence-electron chi connectivity index (χ0n) is 18.4. The van der Waals surface area contributed by atoms with Crippen LogP contribution in [-0.4, -0.2) is 0 Å². The zero-order valence-corrected chi connectivity index (χ0v) is 20.0. The third-order valence-electron chi connectivity index (χ3n) is 8.34. The van der Waals surface area contributed by atoms with E-state index < -0.39 is 11.2 Å². The predicted molar refractivity (Wildman–Crippen MR) is 139 cm³/mol. The van der Waals surface area contributed by atoms with Gasteiger partial charge in [-0.15, -0.1) is 0 Å². The van der Waals surface area contributed by atoms with Gasteiger partial charge in [0.1, 0.15) is 11.2 Å². The minimum Gasteiger partial charge on any atom is -0.348 e. The van der Waals surface area contributed by atoms with Crippen LogP contribution in [0.4, 0.5) is 0 Å². The van der Waals surface area contributed by atoms with E-state index in [0.29, 0.717) is 0 Å². The summed E-state index contributed by atoms with van der Waals surface area (Å²) in [4.78, 5) is 0. The van der Waals surface area contributed by atoms with Crippen LogP contribution in [0.5, 0.6) is 0 Å². The lowest BCUT2D eigenvalue weighted by atomic mass is 9.50. The van der Waals surface area contributed by atoms with Crippen LogP contribution >= 0.6 is 15.9 Å². The third-order valence-corrected chi connectivity index (χ3v) is 8.83. The summed E-state index contributed by atoms with van der Waals surface area (Å²) in [5.74, 6) is 0.538. The van der Waals surface area contributed by atoms with Gasteiger partial charge in [-0.1, -0.05) is 119 Å². The molecule has 1 aliphatic carbocycles. The minimum atomic E-state index is -0.495. The van der Waals surface area contributed by atoms with E-state index in [1.165, 1.54) is 44.2 Å². The average molecular weight is 501 g/mol. The van der Waals surface area contributed by atoms with Crippen LogP contribution in [0.2, 0.25) is 0 Å². The van der Waals surface area contributed by atoms with Crippen LogP contribution in [0.25, 0.3) is 10.8 Å². The molecule has 5 aromatic carbocycles. The van der Waals surface area contributed by atoms with Gasteiger partial charge in [0, 0.05) is 16.3 Å². The summed E-state index contributed by atoms with van der Waals surface area (Å²) in [6.07, 6.45) is 0. The molecule has 2 heteroatoms. The molecular weight excluding hydrogens is 480 g/mol. The van der Waals surface area contributed by atoms with Gasteiger partial charge in [-0.2, -0.15) is 0 Å². The monoisotopic (exact) mass is 500 g/mol. The Kier molecular flexibility index (Phi) is 3.64. The molecule has 162 valence electrons. The van der Waals surface area contributed by atoms with Crippen molar-refractivity contribution in [3.63, 3.8) is 0 Å². The average Bonchev–Trinajstić information content (AvgIpc) is 3.34. The fourth-order valence-corrected chi connectivity index (χ4v) is 7.51. The second-order valence-electron chi connectivity index (χ2n) is 9.78. The highest BCUT2D eigenvalue weighted by Gasteiger charge is 2.75. The van der Waals surface area contributed by atoms with Crippen molar-refractivity contribution < 1.29 is 4.74 Å². The second kappa shape index (κ2) is 6.47. The molecule has 1 saturated heterocycles. The molecule has 0 N–H and O–H groups in total. The van der Waals surface area contributed by atoms with Crippen LogP contribution < -0.4 is 0 Å². The Labute approximate surface area is 207 Å². The van der Waals surface area contributed by atoms with Gasteiger partial charge < -0.3 is 4.74 Å². The van der Waals surface area contributed by atoms with Crippen LogP contribution in [0.15, 0.2) is 120 Å². The molecule has 2 aliphatic heterocycles. The molecule has 0 saturated carbocycles. The van der Waals surface area contributed by atoms with E-state index >= 15 is 0 Å². The maximum Gasteiger partial charge on any atom is 0.128 e. The molecule has 2 unspecified atom stereocenters. The summed E-state index contributed by atoms with van der Waals surface area (Å²) in [7, 11) is 0. The van der Waals surface area contributed by atoms with Crippen molar-refractivity contribution in [2.24, 2.45) is 0 Å². The third kappa shape index (κ3) is 2.11. The van der Waals surface area contributed by atoms with Crippen molar-refractivity contribution in [2.45, 2.75) is 23.0 Å². The molecule has 2 heterocycles. The number of benzene rings is 5. The number of hydrogen-bond acceptors (Lipinski definition) is 1. The summed E-state index contributed by atoms with van der Waals surface area (Å²) in [5, 5.41) is 2.56. The number of halogens is 1. The first-order chi connectivity index (χ1) is 16.7. The van der Waals surface area contributed by atoms with E-state index in [-0.39, 0.29) is 11.8 Å². The standard InChI is InChI=1S/C32H21BrO/c33-24-16-15-20-18-25-26(19-21(20)17-24)30-29(25)31(22-9-3-1-4-10-22)27-13-7-8-14-28(27)32(30,34-31)23-11-5-2-6-12-23/h1-19,29-30H/t29?,30?,31-,32+/m1/s1. The SMILES string of the molecule is Brc1ccc2cc3c(cc2c1)C1C3[C@]2(c3ccccc3)O[C@@]1(c1ccccc1)c1ccccc12. The largest absolute Gasteiger partial charge is 0.348 e. The molecular formula is C32H21BrO. The number of hydrogen-bond donors (Lipinski definition) is 0. The van der Waals surface area contributed by atoms with Gasteiger partial charge in [0.2, 0.25) is 0 Å². The van der Waals surface area contributed by atoms with E-state index in [0.717, 1.165) is 4.47 Å². The lowest BCUT2D eigenvalue weighted by Gasteiger charge is -2.49. The summed E-state index contributed by atoms with van der Waals surface area (Å²) in [6.45, 7) is 0. The molecule has 0 aromatic heterocycles. The first-order valence-electron chi connectivity index (χ1n) is 11.9. The maximum atomic E-state index is 7.50. The molecule has 0 amide bonds. The number of rotatable bonds is 2. The highest BCUT2D eigenvalue weighted by molar-refractivity contribution is 9.10. The fourth-order valence-electron chi connectivity index (χ4n) is 7.13. The van der Waals surface area contributed by atoms with Crippen molar-refractivity contribution in [2.75, 3.05) is 0 Å². The van der Waals surface area contributed by atoms with Crippen molar-refractivity contribution in [1.29, 1.82) is 0 Å². The summed E-state index contributed by atoms with van der Waals surface area (Å²) in [6, 6.07) is 42.1. The van der Waals surface area contributed by atoms with Gasteiger partial charge in [0.25, 0.3) is 0 Å². The van der Waals surface area contributed by atoms with Crippen molar-refractivity contribution in [3.05, 3.63) is 153 Å². The fraction of sp³-hybridized carbons (Fsp3) is 0.125. The highest BCUT2D eigenvalue weighted by atomic mass is 79.9. The summed E-state index contributed by atoms with van der Waals surface area (Å²) >= 11 is 3.67. The van der Waals surface area contributed by atoms with Gasteiger partial charge in [-0.05, 0) is 56.3 Å². The number of ether oxygens (including phenoxy) is 1. The minimum absolute atomic E-state index is 0.267. The Hall–Kier alpha value is -3.20. The summed E-state index contributed by atoms with van der Waals surface area (Å²) in [5.41, 5.74) is 6.98. The Bertz CT molecular complexity index is 1610. The number of fused-ring (bicyclic) bond motifs is 12. The Morgan fingerprint density at radius 1 is 0.529 bits per heavy atom. The molecule has 5 aromatic rings. The molecule has 1 nitrogen and oxygen atoms in total. The highest BCUT2D eigenvalue weighted by Crippen LogP contribution is 2.78. The Morgan fingerprint density at radius 3 is 1.59 bits per heavy atom. The van der Waals surface area contributed by atoms with Crippen molar-refractivity contribution in [3.8, 4) is 0 Å². The van der Waals surface area contributed by atoms with Crippen LogP contribution in [0.1, 0.15) is 45.2 Å². The van der Waals surface area contributed by atoms with Gasteiger partial charge in [0.05, 0.1) is 0 Å². The molecule has 2 bridgehead atoms. The molecule has 8 rings (SSSR count). The molecule has 0 radical (unpaired) electrons. The van der Waals surface area contributed by atoms with E-state index in [1.807, 2.05) is 0 Å². The van der Waals surface area contributed by atoms with Gasteiger partial charge in [-0.25, -0.2) is 0 Å². The maximum absolute atomic E-state index is 7.50. The van der Waals surface area contributed by atoms with Crippen LogP contribution in [0.3, 0.4) is 0 Å². The normalized spacial score (nSPS) is 27.7. The van der Waals surface area contributed by atoms with Gasteiger partial charge in [0.15, 0.2) is 0 Å². The lowest BCUT2D eigenvalue weighted by Crippen LogP contribution is -2.44. The summed E-state index contributed by atoms with van der Waals surface area (Å²) < 4.78 is 8.62. The van der Waals surface area contributed by atoms with Crippen LogP contribution in [0, 0.1) is 0 Å². The molecule has 4 atom stereocenters.